The van der Waals surface area contributed by atoms with Gasteiger partial charge in [0.25, 0.3) is 0 Å². The Kier molecular flexibility index (Phi) is 8.18. The SMILES string of the molecule is CN=C(NCCCCN1CCN(c2cccc(C)c2)CC1)NCc1ccsc1. The van der Waals surface area contributed by atoms with Crippen LogP contribution in [0.2, 0.25) is 0 Å². The maximum absolute atomic E-state index is 4.30. The Morgan fingerprint density at radius 3 is 2.68 bits per heavy atom. The largest absolute Gasteiger partial charge is 0.369 e. The van der Waals surface area contributed by atoms with Crippen molar-refractivity contribution in [1.82, 2.24) is 15.5 Å². The number of rotatable bonds is 8. The van der Waals surface area contributed by atoms with Crippen molar-refractivity contribution in [1.29, 1.82) is 0 Å². The first kappa shape index (κ1) is 20.7. The highest BCUT2D eigenvalue weighted by molar-refractivity contribution is 7.07. The number of hydrogen-bond acceptors (Lipinski definition) is 4. The highest BCUT2D eigenvalue weighted by Gasteiger charge is 2.16. The first-order valence-electron chi connectivity index (χ1n) is 10.2. The molecule has 2 heterocycles. The molecule has 1 saturated heterocycles. The van der Waals surface area contributed by atoms with Crippen molar-refractivity contribution >= 4 is 23.0 Å². The summed E-state index contributed by atoms with van der Waals surface area (Å²) in [6.07, 6.45) is 2.39. The molecule has 2 N–H and O–H groups in total. The molecule has 2 aromatic rings. The maximum Gasteiger partial charge on any atom is 0.191 e. The molecule has 0 bridgehead atoms. The Morgan fingerprint density at radius 2 is 1.96 bits per heavy atom. The summed E-state index contributed by atoms with van der Waals surface area (Å²) in [5.74, 6) is 0.887. The van der Waals surface area contributed by atoms with E-state index in [9.17, 15) is 0 Å². The van der Waals surface area contributed by atoms with Crippen molar-refractivity contribution < 1.29 is 0 Å². The highest BCUT2D eigenvalue weighted by atomic mass is 32.1. The van der Waals surface area contributed by atoms with Gasteiger partial charge in [0.1, 0.15) is 0 Å². The van der Waals surface area contributed by atoms with Gasteiger partial charge in [-0.15, -0.1) is 0 Å². The molecule has 0 amide bonds. The molecule has 3 rings (SSSR count). The van der Waals surface area contributed by atoms with Gasteiger partial charge in [-0.25, -0.2) is 0 Å². The lowest BCUT2D eigenvalue weighted by atomic mass is 10.2. The van der Waals surface area contributed by atoms with Crippen molar-refractivity contribution in [3.05, 3.63) is 52.2 Å². The van der Waals surface area contributed by atoms with Crippen molar-refractivity contribution in [3.8, 4) is 0 Å². The van der Waals surface area contributed by atoms with Gasteiger partial charge in [0.15, 0.2) is 5.96 Å². The predicted molar refractivity (Wildman–Crippen MR) is 122 cm³/mol. The fourth-order valence-electron chi connectivity index (χ4n) is 3.52. The monoisotopic (exact) mass is 399 g/mol. The van der Waals surface area contributed by atoms with Crippen LogP contribution in [0.1, 0.15) is 24.0 Å². The fraction of sp³-hybridized carbons (Fsp3) is 0.500. The second kappa shape index (κ2) is 11.1. The average Bonchev–Trinajstić information content (AvgIpc) is 3.24. The Labute approximate surface area is 173 Å². The number of aryl methyl sites for hydroxylation is 1. The fourth-order valence-corrected chi connectivity index (χ4v) is 4.19. The summed E-state index contributed by atoms with van der Waals surface area (Å²) in [5, 5.41) is 11.1. The molecule has 1 aromatic heterocycles. The molecule has 0 saturated carbocycles. The minimum absolute atomic E-state index is 0.828. The molecule has 0 aliphatic carbocycles. The van der Waals surface area contributed by atoms with Crippen LogP contribution in [-0.4, -0.2) is 57.2 Å². The second-order valence-electron chi connectivity index (χ2n) is 7.36. The van der Waals surface area contributed by atoms with Crippen molar-refractivity contribution in [2.24, 2.45) is 4.99 Å². The maximum atomic E-state index is 4.30. The van der Waals surface area contributed by atoms with Gasteiger partial charge in [0.2, 0.25) is 0 Å². The third-order valence-electron chi connectivity index (χ3n) is 5.20. The van der Waals surface area contributed by atoms with Crippen molar-refractivity contribution in [3.63, 3.8) is 0 Å². The highest BCUT2D eigenvalue weighted by Crippen LogP contribution is 2.17. The molecule has 152 valence electrons. The summed E-state index contributed by atoms with van der Waals surface area (Å²) >= 11 is 1.73. The van der Waals surface area contributed by atoms with Crippen LogP contribution in [0.3, 0.4) is 0 Å². The van der Waals surface area contributed by atoms with E-state index in [2.05, 4.69) is 73.4 Å². The normalized spacial score (nSPS) is 15.6. The lowest BCUT2D eigenvalue weighted by molar-refractivity contribution is 0.253. The third kappa shape index (κ3) is 6.53. The van der Waals surface area contributed by atoms with Gasteiger partial charge in [-0.1, -0.05) is 12.1 Å². The minimum atomic E-state index is 0.828. The van der Waals surface area contributed by atoms with Crippen LogP contribution in [0.5, 0.6) is 0 Å². The zero-order valence-corrected chi connectivity index (χ0v) is 18.0. The molecule has 0 radical (unpaired) electrons. The topological polar surface area (TPSA) is 42.9 Å². The molecule has 28 heavy (non-hydrogen) atoms. The van der Waals surface area contributed by atoms with Crippen LogP contribution in [0.15, 0.2) is 46.1 Å². The van der Waals surface area contributed by atoms with E-state index in [0.29, 0.717) is 0 Å². The van der Waals surface area contributed by atoms with Crippen LogP contribution >= 0.6 is 11.3 Å². The number of hydrogen-bond donors (Lipinski definition) is 2. The molecular formula is C22H33N5S. The quantitative estimate of drug-likeness (QED) is 0.406. The molecule has 1 aromatic carbocycles. The number of guanidine groups is 1. The van der Waals surface area contributed by atoms with Crippen LogP contribution in [-0.2, 0) is 6.54 Å². The van der Waals surface area contributed by atoms with Gasteiger partial charge < -0.3 is 15.5 Å². The van der Waals surface area contributed by atoms with Crippen LogP contribution < -0.4 is 15.5 Å². The Balaban J connectivity index is 1.26. The van der Waals surface area contributed by atoms with Gasteiger partial charge in [-0.2, -0.15) is 11.3 Å². The number of benzene rings is 1. The van der Waals surface area contributed by atoms with E-state index in [1.165, 1.54) is 29.8 Å². The second-order valence-corrected chi connectivity index (χ2v) is 8.14. The van der Waals surface area contributed by atoms with Crippen LogP contribution in [0, 0.1) is 6.92 Å². The minimum Gasteiger partial charge on any atom is -0.369 e. The van der Waals surface area contributed by atoms with E-state index in [1.54, 1.807) is 11.3 Å². The van der Waals surface area contributed by atoms with E-state index in [4.69, 9.17) is 0 Å². The Hall–Kier alpha value is -2.05. The lowest BCUT2D eigenvalue weighted by Gasteiger charge is -2.36. The Morgan fingerprint density at radius 1 is 1.11 bits per heavy atom. The van der Waals surface area contributed by atoms with E-state index in [0.717, 1.165) is 51.6 Å². The molecule has 0 spiro atoms. The molecule has 6 heteroatoms. The van der Waals surface area contributed by atoms with E-state index in [1.807, 2.05) is 7.05 Å². The van der Waals surface area contributed by atoms with Crippen LogP contribution in [0.25, 0.3) is 0 Å². The van der Waals surface area contributed by atoms with Gasteiger partial charge in [0, 0.05) is 52.0 Å². The van der Waals surface area contributed by atoms with E-state index in [-0.39, 0.29) is 0 Å². The Bertz CT molecular complexity index is 720. The number of nitrogens with zero attached hydrogens (tertiary/aromatic N) is 3. The third-order valence-corrected chi connectivity index (χ3v) is 5.93. The number of unbranched alkanes of at least 4 members (excludes halogenated alkanes) is 1. The molecule has 1 aliphatic rings. The number of aliphatic imine (C=N–C) groups is 1. The zero-order chi connectivity index (χ0) is 19.6. The average molecular weight is 400 g/mol. The lowest BCUT2D eigenvalue weighted by Crippen LogP contribution is -2.46. The molecule has 5 nitrogen and oxygen atoms in total. The van der Waals surface area contributed by atoms with E-state index < -0.39 is 0 Å². The molecule has 0 atom stereocenters. The summed E-state index contributed by atoms with van der Waals surface area (Å²) in [4.78, 5) is 9.40. The van der Waals surface area contributed by atoms with Crippen LogP contribution in [0.4, 0.5) is 5.69 Å². The summed E-state index contributed by atoms with van der Waals surface area (Å²) in [7, 11) is 1.83. The summed E-state index contributed by atoms with van der Waals surface area (Å²) in [6, 6.07) is 11.0. The number of thiophene rings is 1. The van der Waals surface area contributed by atoms with Gasteiger partial charge in [-0.05, 0) is 66.4 Å². The standard InChI is InChI=1S/C22H33N5S/c1-19-6-5-7-21(16-19)27-13-11-26(12-14-27)10-4-3-9-24-22(23-2)25-17-20-8-15-28-18-20/h5-8,15-16,18H,3-4,9-14,17H2,1-2H3,(H2,23,24,25). The summed E-state index contributed by atoms with van der Waals surface area (Å²) in [5.41, 5.74) is 4.01. The van der Waals surface area contributed by atoms with Gasteiger partial charge >= 0.3 is 0 Å². The smallest absolute Gasteiger partial charge is 0.191 e. The first-order chi connectivity index (χ1) is 13.7. The number of nitrogens with one attached hydrogen (secondary N) is 2. The number of anilines is 1. The molecule has 0 unspecified atom stereocenters. The predicted octanol–water partition coefficient (Wildman–Crippen LogP) is 3.32. The summed E-state index contributed by atoms with van der Waals surface area (Å²) in [6.45, 7) is 9.71. The first-order valence-corrected chi connectivity index (χ1v) is 11.2. The number of piperazine rings is 1. The molecule has 1 aliphatic heterocycles. The van der Waals surface area contributed by atoms with Crippen molar-refractivity contribution in [2.45, 2.75) is 26.3 Å². The van der Waals surface area contributed by atoms with Gasteiger partial charge in [0.05, 0.1) is 0 Å². The summed E-state index contributed by atoms with van der Waals surface area (Å²) < 4.78 is 0. The molecular weight excluding hydrogens is 366 g/mol. The van der Waals surface area contributed by atoms with Gasteiger partial charge in [-0.3, -0.25) is 9.89 Å². The van der Waals surface area contributed by atoms with E-state index >= 15 is 0 Å². The van der Waals surface area contributed by atoms with Crippen molar-refractivity contribution in [2.75, 3.05) is 51.2 Å². The zero-order valence-electron chi connectivity index (χ0n) is 17.2. The molecule has 1 fully saturated rings.